The summed E-state index contributed by atoms with van der Waals surface area (Å²) in [6, 6.07) is 16.4. The standard InChI is InChI=1S/C19H24BrN3O3S/c1-15(23(2)17-8-4-3-5-9-17)14-21-19(24)11-12-22-27(25,26)18-10-6-7-16(20)13-18/h3-10,13,15,22H,11-12,14H2,1-2H3,(H,21,24). The van der Waals surface area contributed by atoms with Crippen LogP contribution in [0.2, 0.25) is 0 Å². The Morgan fingerprint density at radius 3 is 2.52 bits per heavy atom. The highest BCUT2D eigenvalue weighted by atomic mass is 79.9. The van der Waals surface area contributed by atoms with E-state index in [-0.39, 0.29) is 29.8 Å². The van der Waals surface area contributed by atoms with Crippen molar-refractivity contribution in [1.29, 1.82) is 0 Å². The van der Waals surface area contributed by atoms with Gasteiger partial charge in [0.25, 0.3) is 0 Å². The van der Waals surface area contributed by atoms with E-state index in [0.717, 1.165) is 5.69 Å². The van der Waals surface area contributed by atoms with E-state index in [1.165, 1.54) is 12.1 Å². The van der Waals surface area contributed by atoms with Gasteiger partial charge in [-0.25, -0.2) is 13.1 Å². The lowest BCUT2D eigenvalue weighted by molar-refractivity contribution is -0.120. The topological polar surface area (TPSA) is 78.5 Å². The van der Waals surface area contributed by atoms with Gasteiger partial charge in [-0.15, -0.1) is 0 Å². The number of amides is 1. The minimum absolute atomic E-state index is 0.0452. The number of anilines is 1. The highest BCUT2D eigenvalue weighted by Crippen LogP contribution is 2.16. The molecular weight excluding hydrogens is 430 g/mol. The summed E-state index contributed by atoms with van der Waals surface area (Å²) >= 11 is 3.25. The van der Waals surface area contributed by atoms with Crippen LogP contribution in [-0.2, 0) is 14.8 Å². The van der Waals surface area contributed by atoms with E-state index in [1.807, 2.05) is 44.3 Å². The lowest BCUT2D eigenvalue weighted by Gasteiger charge is -2.27. The molecule has 0 aliphatic heterocycles. The van der Waals surface area contributed by atoms with Gasteiger partial charge in [-0.1, -0.05) is 40.2 Å². The first-order valence-corrected chi connectivity index (χ1v) is 10.9. The van der Waals surface area contributed by atoms with E-state index in [9.17, 15) is 13.2 Å². The summed E-state index contributed by atoms with van der Waals surface area (Å²) in [6.07, 6.45) is 0.0784. The first-order chi connectivity index (χ1) is 12.8. The lowest BCUT2D eigenvalue weighted by atomic mass is 10.2. The van der Waals surface area contributed by atoms with E-state index in [2.05, 4.69) is 30.9 Å². The Bertz CT molecular complexity index is 860. The molecular formula is C19H24BrN3O3S. The molecule has 0 aromatic heterocycles. The molecule has 1 amide bonds. The molecule has 0 heterocycles. The second-order valence-corrected chi connectivity index (χ2v) is 8.89. The molecule has 0 fully saturated rings. The highest BCUT2D eigenvalue weighted by Gasteiger charge is 2.15. The Morgan fingerprint density at radius 2 is 1.85 bits per heavy atom. The van der Waals surface area contributed by atoms with Crippen LogP contribution in [0.4, 0.5) is 5.69 Å². The van der Waals surface area contributed by atoms with E-state index in [0.29, 0.717) is 11.0 Å². The van der Waals surface area contributed by atoms with Crippen LogP contribution in [0, 0.1) is 0 Å². The number of nitrogens with zero attached hydrogens (tertiary/aromatic N) is 1. The van der Waals surface area contributed by atoms with Gasteiger partial charge in [-0.2, -0.15) is 0 Å². The monoisotopic (exact) mass is 453 g/mol. The number of hydrogen-bond donors (Lipinski definition) is 2. The van der Waals surface area contributed by atoms with E-state index in [1.54, 1.807) is 12.1 Å². The summed E-state index contributed by atoms with van der Waals surface area (Å²) in [5.41, 5.74) is 1.07. The first-order valence-electron chi connectivity index (χ1n) is 8.59. The Hall–Kier alpha value is -1.90. The number of benzene rings is 2. The maximum Gasteiger partial charge on any atom is 0.240 e. The van der Waals surface area contributed by atoms with Crippen LogP contribution < -0.4 is 14.9 Å². The van der Waals surface area contributed by atoms with Gasteiger partial charge in [0.1, 0.15) is 0 Å². The van der Waals surface area contributed by atoms with Gasteiger partial charge in [-0.05, 0) is 37.3 Å². The number of nitrogens with one attached hydrogen (secondary N) is 2. The van der Waals surface area contributed by atoms with Crippen LogP contribution in [0.5, 0.6) is 0 Å². The summed E-state index contributed by atoms with van der Waals surface area (Å²) < 4.78 is 27.5. The molecule has 2 rings (SSSR count). The SMILES string of the molecule is CC(CNC(=O)CCNS(=O)(=O)c1cccc(Br)c1)N(C)c1ccccc1. The van der Waals surface area contributed by atoms with Crippen molar-refractivity contribution in [1.82, 2.24) is 10.0 Å². The summed E-state index contributed by atoms with van der Waals surface area (Å²) in [6.45, 7) is 2.54. The molecule has 1 atom stereocenters. The molecule has 2 N–H and O–H groups in total. The fourth-order valence-corrected chi connectivity index (χ4v) is 4.05. The molecule has 0 saturated heterocycles. The van der Waals surface area contributed by atoms with Gasteiger partial charge < -0.3 is 10.2 Å². The predicted molar refractivity (Wildman–Crippen MR) is 111 cm³/mol. The zero-order chi connectivity index (χ0) is 19.9. The largest absolute Gasteiger partial charge is 0.370 e. The molecule has 27 heavy (non-hydrogen) atoms. The minimum Gasteiger partial charge on any atom is -0.370 e. The van der Waals surface area contributed by atoms with Gasteiger partial charge in [0.15, 0.2) is 0 Å². The summed E-state index contributed by atoms with van der Waals surface area (Å²) in [7, 11) is -1.66. The Labute approximate surface area is 169 Å². The van der Waals surface area contributed by atoms with Crippen molar-refractivity contribution in [2.75, 3.05) is 25.0 Å². The molecule has 8 heteroatoms. The molecule has 0 bridgehead atoms. The van der Waals surface area contributed by atoms with Gasteiger partial charge in [-0.3, -0.25) is 4.79 Å². The fraction of sp³-hybridized carbons (Fsp3) is 0.316. The lowest BCUT2D eigenvalue weighted by Crippen LogP contribution is -2.41. The zero-order valence-electron chi connectivity index (χ0n) is 15.4. The number of sulfonamides is 1. The third-order valence-corrected chi connectivity index (χ3v) is 6.12. The molecule has 146 valence electrons. The average Bonchev–Trinajstić information content (AvgIpc) is 2.66. The van der Waals surface area contributed by atoms with Crippen molar-refractivity contribution in [3.8, 4) is 0 Å². The summed E-state index contributed by atoms with van der Waals surface area (Å²) in [4.78, 5) is 14.3. The molecule has 0 aliphatic carbocycles. The quantitative estimate of drug-likeness (QED) is 0.611. The van der Waals surface area contributed by atoms with Crippen LogP contribution >= 0.6 is 15.9 Å². The second kappa shape index (κ2) is 9.87. The third kappa shape index (κ3) is 6.64. The number of likely N-dealkylation sites (N-methyl/N-ethyl adjacent to an activating group) is 1. The van der Waals surface area contributed by atoms with E-state index < -0.39 is 10.0 Å². The Morgan fingerprint density at radius 1 is 1.15 bits per heavy atom. The van der Waals surface area contributed by atoms with Crippen LogP contribution in [0.1, 0.15) is 13.3 Å². The normalized spacial score (nSPS) is 12.4. The van der Waals surface area contributed by atoms with Crippen molar-refractivity contribution in [2.24, 2.45) is 0 Å². The smallest absolute Gasteiger partial charge is 0.240 e. The minimum atomic E-state index is -3.63. The number of carbonyl (C=O) groups excluding carboxylic acids is 1. The van der Waals surface area contributed by atoms with Crippen molar-refractivity contribution in [2.45, 2.75) is 24.3 Å². The van der Waals surface area contributed by atoms with Crippen molar-refractivity contribution >= 4 is 37.5 Å². The first kappa shape index (κ1) is 21.4. The molecule has 0 saturated carbocycles. The summed E-state index contributed by atoms with van der Waals surface area (Å²) in [5, 5.41) is 2.85. The molecule has 0 radical (unpaired) electrons. The Balaban J connectivity index is 1.76. The van der Waals surface area contributed by atoms with Crippen LogP contribution in [0.25, 0.3) is 0 Å². The Kier molecular flexibility index (Phi) is 7.82. The number of hydrogen-bond acceptors (Lipinski definition) is 4. The fourth-order valence-electron chi connectivity index (χ4n) is 2.42. The number of carbonyl (C=O) groups is 1. The molecule has 2 aromatic rings. The van der Waals surface area contributed by atoms with E-state index in [4.69, 9.17) is 0 Å². The van der Waals surface area contributed by atoms with E-state index >= 15 is 0 Å². The van der Waals surface area contributed by atoms with Gasteiger partial charge >= 0.3 is 0 Å². The van der Waals surface area contributed by atoms with Gasteiger partial charge in [0, 0.05) is 42.8 Å². The molecule has 0 aliphatic rings. The third-order valence-electron chi connectivity index (χ3n) is 4.17. The average molecular weight is 454 g/mol. The van der Waals surface area contributed by atoms with Crippen LogP contribution in [-0.4, -0.2) is 40.5 Å². The van der Waals surface area contributed by atoms with Crippen molar-refractivity contribution in [3.63, 3.8) is 0 Å². The molecule has 0 spiro atoms. The highest BCUT2D eigenvalue weighted by molar-refractivity contribution is 9.10. The van der Waals surface area contributed by atoms with Gasteiger partial charge in [0.2, 0.25) is 15.9 Å². The number of rotatable bonds is 9. The van der Waals surface area contributed by atoms with Crippen molar-refractivity contribution < 1.29 is 13.2 Å². The van der Waals surface area contributed by atoms with Crippen molar-refractivity contribution in [3.05, 3.63) is 59.1 Å². The predicted octanol–water partition coefficient (Wildman–Crippen LogP) is 2.76. The number of para-hydroxylation sites is 1. The maximum atomic E-state index is 12.2. The summed E-state index contributed by atoms with van der Waals surface area (Å²) in [5.74, 6) is -0.194. The second-order valence-electron chi connectivity index (χ2n) is 6.20. The van der Waals surface area contributed by atoms with Crippen LogP contribution in [0.3, 0.4) is 0 Å². The van der Waals surface area contributed by atoms with Gasteiger partial charge in [0.05, 0.1) is 4.90 Å². The molecule has 6 nitrogen and oxygen atoms in total. The maximum absolute atomic E-state index is 12.2. The van der Waals surface area contributed by atoms with Crippen LogP contribution in [0.15, 0.2) is 64.0 Å². The molecule has 1 unspecified atom stereocenters. The molecule has 2 aromatic carbocycles. The zero-order valence-corrected chi connectivity index (χ0v) is 17.8. The number of halogens is 1.